The van der Waals surface area contributed by atoms with E-state index in [0.29, 0.717) is 10.6 Å². The Labute approximate surface area is 161 Å². The van der Waals surface area contributed by atoms with Crippen molar-refractivity contribution in [1.82, 2.24) is 4.72 Å². The molecule has 144 valence electrons. The van der Waals surface area contributed by atoms with Gasteiger partial charge < -0.3 is 15.8 Å². The number of sulfonamides is 1. The fourth-order valence-electron chi connectivity index (χ4n) is 2.24. The molecule has 4 N–H and O–H groups in total. The summed E-state index contributed by atoms with van der Waals surface area (Å²) < 4.78 is 31.5. The molecule has 2 aromatic carbocycles. The number of anilines is 1. The number of carbonyl (C=O) groups excluding carboxylic acids is 2. The molecular weight excluding hydrogens is 394 g/mol. The maximum Gasteiger partial charge on any atom is 0.262 e. The molecule has 0 bridgehead atoms. The van der Waals surface area contributed by atoms with Gasteiger partial charge in [-0.05, 0) is 49.9 Å². The number of aryl methyl sites for hydroxylation is 1. The quantitative estimate of drug-likeness (QED) is 0.638. The lowest BCUT2D eigenvalue weighted by atomic mass is 10.2. The number of primary amides is 1. The summed E-state index contributed by atoms with van der Waals surface area (Å²) in [7, 11) is -2.36. The number of ether oxygens (including phenoxy) is 1. The molecule has 0 saturated heterocycles. The molecular formula is C17H18ClN3O5S. The number of halogens is 1. The van der Waals surface area contributed by atoms with Gasteiger partial charge >= 0.3 is 0 Å². The fourth-order valence-corrected chi connectivity index (χ4v) is 3.40. The van der Waals surface area contributed by atoms with Gasteiger partial charge in [-0.15, -0.1) is 0 Å². The van der Waals surface area contributed by atoms with Gasteiger partial charge in [0.2, 0.25) is 10.0 Å². The van der Waals surface area contributed by atoms with Crippen LogP contribution in [0.4, 0.5) is 5.69 Å². The van der Waals surface area contributed by atoms with Crippen LogP contribution in [0.2, 0.25) is 5.02 Å². The number of amides is 2. The molecule has 0 heterocycles. The van der Waals surface area contributed by atoms with E-state index in [1.54, 1.807) is 19.1 Å². The lowest BCUT2D eigenvalue weighted by Gasteiger charge is -2.12. The monoisotopic (exact) mass is 411 g/mol. The van der Waals surface area contributed by atoms with E-state index >= 15 is 0 Å². The Balaban J connectivity index is 2.11. The summed E-state index contributed by atoms with van der Waals surface area (Å²) in [6, 6.07) is 8.75. The van der Waals surface area contributed by atoms with Gasteiger partial charge in [0.1, 0.15) is 5.75 Å². The molecule has 2 rings (SSSR count). The van der Waals surface area contributed by atoms with Crippen LogP contribution in [0.25, 0.3) is 0 Å². The van der Waals surface area contributed by atoms with E-state index in [1.165, 1.54) is 31.3 Å². The zero-order valence-electron chi connectivity index (χ0n) is 14.6. The Hall–Kier alpha value is -2.62. The van der Waals surface area contributed by atoms with Gasteiger partial charge in [-0.2, -0.15) is 0 Å². The van der Waals surface area contributed by atoms with Crippen LogP contribution in [-0.4, -0.2) is 33.9 Å². The highest BCUT2D eigenvalue weighted by Gasteiger charge is 2.16. The minimum Gasteiger partial charge on any atom is -0.483 e. The van der Waals surface area contributed by atoms with E-state index in [1.807, 2.05) is 0 Å². The van der Waals surface area contributed by atoms with E-state index < -0.39 is 28.4 Å². The first-order valence-corrected chi connectivity index (χ1v) is 9.56. The van der Waals surface area contributed by atoms with Crippen molar-refractivity contribution in [2.24, 2.45) is 5.73 Å². The van der Waals surface area contributed by atoms with Crippen LogP contribution >= 0.6 is 11.6 Å². The summed E-state index contributed by atoms with van der Waals surface area (Å²) in [6.45, 7) is 1.23. The smallest absolute Gasteiger partial charge is 0.262 e. The van der Waals surface area contributed by atoms with Crippen LogP contribution in [0.5, 0.6) is 5.75 Å². The second-order valence-electron chi connectivity index (χ2n) is 5.53. The summed E-state index contributed by atoms with van der Waals surface area (Å²) in [4.78, 5) is 23.6. The Morgan fingerprint density at radius 3 is 2.52 bits per heavy atom. The maximum atomic E-state index is 12.1. The summed E-state index contributed by atoms with van der Waals surface area (Å²) >= 11 is 5.81. The first-order valence-electron chi connectivity index (χ1n) is 7.70. The fraction of sp³-hybridized carbons (Fsp3) is 0.176. The third-order valence-corrected chi connectivity index (χ3v) is 5.39. The van der Waals surface area contributed by atoms with Gasteiger partial charge in [0.15, 0.2) is 6.61 Å². The van der Waals surface area contributed by atoms with Crippen LogP contribution in [0, 0.1) is 6.92 Å². The van der Waals surface area contributed by atoms with E-state index in [-0.39, 0.29) is 21.9 Å². The highest BCUT2D eigenvalue weighted by molar-refractivity contribution is 7.89. The standard InChI is InChI=1S/C17H18ClN3O5S/c1-10-3-5-12(8-15(10)27(24,25)20-2)21-16(22)9-26-14-6-4-11(18)7-13(14)17(19)23/h3-8,20H,9H2,1-2H3,(H2,19,23)(H,21,22). The minimum absolute atomic E-state index is 0.0491. The van der Waals surface area contributed by atoms with Crippen molar-refractivity contribution in [3.05, 3.63) is 52.5 Å². The normalized spacial score (nSPS) is 11.1. The molecule has 2 amide bonds. The number of benzene rings is 2. The summed E-state index contributed by atoms with van der Waals surface area (Å²) in [5.74, 6) is -1.17. The van der Waals surface area contributed by atoms with E-state index in [0.717, 1.165) is 0 Å². The Morgan fingerprint density at radius 1 is 1.19 bits per heavy atom. The topological polar surface area (TPSA) is 128 Å². The summed E-state index contributed by atoms with van der Waals surface area (Å²) in [5, 5.41) is 2.84. The molecule has 2 aromatic rings. The maximum absolute atomic E-state index is 12.1. The molecule has 10 heteroatoms. The van der Waals surface area contributed by atoms with Gasteiger partial charge in [0.05, 0.1) is 10.5 Å². The Bertz CT molecular complexity index is 992. The second-order valence-corrected chi connectivity index (χ2v) is 7.82. The first kappa shape index (κ1) is 20.7. The molecule has 0 spiro atoms. The lowest BCUT2D eigenvalue weighted by Crippen LogP contribution is -2.23. The molecule has 0 unspecified atom stereocenters. The van der Waals surface area contributed by atoms with E-state index in [2.05, 4.69) is 10.0 Å². The molecule has 0 saturated carbocycles. The van der Waals surface area contributed by atoms with Crippen LogP contribution in [-0.2, 0) is 14.8 Å². The summed E-state index contributed by atoms with van der Waals surface area (Å²) in [6.07, 6.45) is 0. The highest BCUT2D eigenvalue weighted by atomic mass is 35.5. The molecule has 0 aliphatic heterocycles. The van der Waals surface area contributed by atoms with Gasteiger partial charge in [0, 0.05) is 10.7 Å². The van der Waals surface area contributed by atoms with Crippen LogP contribution in [0.1, 0.15) is 15.9 Å². The third kappa shape index (κ3) is 5.19. The highest BCUT2D eigenvalue weighted by Crippen LogP contribution is 2.23. The summed E-state index contributed by atoms with van der Waals surface area (Å²) in [5.41, 5.74) is 6.13. The molecule has 0 aromatic heterocycles. The molecule has 27 heavy (non-hydrogen) atoms. The number of hydrogen-bond donors (Lipinski definition) is 3. The number of nitrogens with one attached hydrogen (secondary N) is 2. The lowest BCUT2D eigenvalue weighted by molar-refractivity contribution is -0.118. The van der Waals surface area contributed by atoms with Crippen molar-refractivity contribution in [2.75, 3.05) is 19.0 Å². The number of hydrogen-bond acceptors (Lipinski definition) is 5. The zero-order chi connectivity index (χ0) is 20.2. The third-order valence-electron chi connectivity index (χ3n) is 3.60. The SMILES string of the molecule is CNS(=O)(=O)c1cc(NC(=O)COc2ccc(Cl)cc2C(N)=O)ccc1C. The van der Waals surface area contributed by atoms with Crippen molar-refractivity contribution >= 4 is 39.1 Å². The van der Waals surface area contributed by atoms with Crippen molar-refractivity contribution in [3.8, 4) is 5.75 Å². The number of rotatable bonds is 7. The molecule has 0 aliphatic rings. The van der Waals surface area contributed by atoms with Gasteiger partial charge in [-0.25, -0.2) is 13.1 Å². The number of carbonyl (C=O) groups is 2. The molecule has 0 fully saturated rings. The second kappa shape index (κ2) is 8.38. The van der Waals surface area contributed by atoms with Crippen LogP contribution in [0.15, 0.2) is 41.3 Å². The van der Waals surface area contributed by atoms with Crippen LogP contribution < -0.4 is 20.5 Å². The zero-order valence-corrected chi connectivity index (χ0v) is 16.1. The van der Waals surface area contributed by atoms with Crippen molar-refractivity contribution in [1.29, 1.82) is 0 Å². The van der Waals surface area contributed by atoms with E-state index in [4.69, 9.17) is 22.1 Å². The number of nitrogens with two attached hydrogens (primary N) is 1. The average molecular weight is 412 g/mol. The largest absolute Gasteiger partial charge is 0.483 e. The molecule has 8 nitrogen and oxygen atoms in total. The Kier molecular flexibility index (Phi) is 6.42. The minimum atomic E-state index is -3.66. The first-order chi connectivity index (χ1) is 12.6. The molecule has 0 radical (unpaired) electrons. The Morgan fingerprint density at radius 2 is 1.89 bits per heavy atom. The van der Waals surface area contributed by atoms with Crippen molar-refractivity contribution in [3.63, 3.8) is 0 Å². The van der Waals surface area contributed by atoms with Gasteiger partial charge in [0.25, 0.3) is 11.8 Å². The predicted molar refractivity (Wildman–Crippen MR) is 102 cm³/mol. The molecule has 0 aliphatic carbocycles. The van der Waals surface area contributed by atoms with Crippen LogP contribution in [0.3, 0.4) is 0 Å². The molecule has 0 atom stereocenters. The van der Waals surface area contributed by atoms with Gasteiger partial charge in [-0.1, -0.05) is 17.7 Å². The van der Waals surface area contributed by atoms with E-state index in [9.17, 15) is 18.0 Å². The van der Waals surface area contributed by atoms with Crippen molar-refractivity contribution in [2.45, 2.75) is 11.8 Å². The average Bonchev–Trinajstić information content (AvgIpc) is 2.62. The predicted octanol–water partition coefficient (Wildman–Crippen LogP) is 1.67. The van der Waals surface area contributed by atoms with Crippen molar-refractivity contribution < 1.29 is 22.7 Å². The van der Waals surface area contributed by atoms with Gasteiger partial charge in [-0.3, -0.25) is 9.59 Å².